The van der Waals surface area contributed by atoms with Gasteiger partial charge in [-0.2, -0.15) is 5.26 Å². The van der Waals surface area contributed by atoms with E-state index in [0.717, 1.165) is 0 Å². The van der Waals surface area contributed by atoms with Crippen molar-refractivity contribution in [3.05, 3.63) is 16.2 Å². The van der Waals surface area contributed by atoms with Crippen molar-refractivity contribution in [2.45, 2.75) is 6.36 Å². The Kier molecular flexibility index (Phi) is 3.04. The Morgan fingerprint density at radius 3 is 2.60 bits per heavy atom. The van der Waals surface area contributed by atoms with E-state index in [1.54, 1.807) is 0 Å². The van der Waals surface area contributed by atoms with Gasteiger partial charge in [0.05, 0.1) is 6.20 Å². The van der Waals surface area contributed by atoms with Gasteiger partial charge in [-0.25, -0.2) is 4.98 Å². The standard InChI is InChI=1S/C7H2BrF3N2O2/c8-5-3(1-12)4(14)2-13-6(5)15-7(9,10)11/h2,14H. The normalized spacial score (nSPS) is 10.9. The lowest BCUT2D eigenvalue weighted by atomic mass is 10.3. The molecule has 1 aromatic rings. The van der Waals surface area contributed by atoms with Gasteiger partial charge in [0, 0.05) is 0 Å². The van der Waals surface area contributed by atoms with Crippen LogP contribution in [-0.4, -0.2) is 16.5 Å². The number of hydrogen-bond donors (Lipinski definition) is 1. The van der Waals surface area contributed by atoms with Crippen LogP contribution in [-0.2, 0) is 0 Å². The largest absolute Gasteiger partial charge is 0.574 e. The first-order valence-electron chi connectivity index (χ1n) is 3.38. The summed E-state index contributed by atoms with van der Waals surface area (Å²) in [6.45, 7) is 0. The monoisotopic (exact) mass is 282 g/mol. The number of nitriles is 1. The third kappa shape index (κ3) is 2.73. The third-order valence-corrected chi connectivity index (χ3v) is 2.03. The molecule has 0 fully saturated rings. The van der Waals surface area contributed by atoms with Gasteiger partial charge in [-0.3, -0.25) is 0 Å². The van der Waals surface area contributed by atoms with Crippen LogP contribution in [0.4, 0.5) is 13.2 Å². The van der Waals surface area contributed by atoms with Gasteiger partial charge in [-0.05, 0) is 15.9 Å². The average Bonchev–Trinajstić information content (AvgIpc) is 2.09. The Hall–Kier alpha value is -1.49. The van der Waals surface area contributed by atoms with Gasteiger partial charge in [-0.1, -0.05) is 0 Å². The second kappa shape index (κ2) is 3.94. The highest BCUT2D eigenvalue weighted by atomic mass is 79.9. The molecule has 0 aliphatic rings. The lowest BCUT2D eigenvalue weighted by molar-refractivity contribution is -0.276. The molecule has 4 nitrogen and oxygen atoms in total. The number of hydrogen-bond acceptors (Lipinski definition) is 4. The van der Waals surface area contributed by atoms with E-state index < -0.39 is 18.0 Å². The summed E-state index contributed by atoms with van der Waals surface area (Å²) in [5.74, 6) is -1.35. The predicted octanol–water partition coefficient (Wildman–Crippen LogP) is 2.32. The highest BCUT2D eigenvalue weighted by Gasteiger charge is 2.33. The fourth-order valence-corrected chi connectivity index (χ4v) is 1.22. The summed E-state index contributed by atoms with van der Waals surface area (Å²) < 4.78 is 38.7. The molecule has 80 valence electrons. The summed E-state index contributed by atoms with van der Waals surface area (Å²) in [6.07, 6.45) is -4.20. The van der Waals surface area contributed by atoms with Crippen LogP contribution >= 0.6 is 15.9 Å². The van der Waals surface area contributed by atoms with E-state index in [2.05, 4.69) is 25.7 Å². The summed E-state index contributed by atoms with van der Waals surface area (Å²) in [6, 6.07) is 1.51. The van der Waals surface area contributed by atoms with Crippen molar-refractivity contribution in [2.75, 3.05) is 0 Å². The van der Waals surface area contributed by atoms with Crippen molar-refractivity contribution >= 4 is 15.9 Å². The molecule has 1 heterocycles. The number of halogens is 4. The number of rotatable bonds is 1. The maximum absolute atomic E-state index is 11.8. The summed E-state index contributed by atoms with van der Waals surface area (Å²) in [5, 5.41) is 17.6. The molecule has 0 saturated carbocycles. The Morgan fingerprint density at radius 1 is 1.53 bits per heavy atom. The summed E-state index contributed by atoms with van der Waals surface area (Å²) in [7, 11) is 0. The van der Waals surface area contributed by atoms with Crippen molar-refractivity contribution in [3.63, 3.8) is 0 Å². The van der Waals surface area contributed by atoms with Crippen LogP contribution in [0.2, 0.25) is 0 Å². The van der Waals surface area contributed by atoms with Crippen molar-refractivity contribution in [3.8, 4) is 17.7 Å². The van der Waals surface area contributed by atoms with Crippen LogP contribution in [0, 0.1) is 11.3 Å². The van der Waals surface area contributed by atoms with Gasteiger partial charge in [0.1, 0.15) is 16.1 Å². The van der Waals surface area contributed by atoms with Crippen LogP contribution < -0.4 is 4.74 Å². The zero-order chi connectivity index (χ0) is 11.6. The molecule has 0 aliphatic carbocycles. The molecule has 8 heteroatoms. The van der Waals surface area contributed by atoms with Crippen LogP contribution in [0.1, 0.15) is 5.56 Å². The molecular formula is C7H2BrF3N2O2. The first-order valence-corrected chi connectivity index (χ1v) is 4.17. The van der Waals surface area contributed by atoms with Gasteiger partial charge in [-0.15, -0.1) is 13.2 Å². The molecule has 0 atom stereocenters. The summed E-state index contributed by atoms with van der Waals surface area (Å²) in [5.41, 5.74) is -0.371. The van der Waals surface area contributed by atoms with Gasteiger partial charge < -0.3 is 9.84 Å². The molecule has 0 bridgehead atoms. The van der Waals surface area contributed by atoms with Crippen molar-refractivity contribution < 1.29 is 23.0 Å². The second-order valence-electron chi connectivity index (χ2n) is 2.30. The molecule has 0 amide bonds. The van der Waals surface area contributed by atoms with Crippen LogP contribution in [0.25, 0.3) is 0 Å². The topological polar surface area (TPSA) is 66.1 Å². The highest BCUT2D eigenvalue weighted by molar-refractivity contribution is 9.10. The zero-order valence-electron chi connectivity index (χ0n) is 6.84. The number of aromatic hydroxyl groups is 1. The van der Waals surface area contributed by atoms with Crippen LogP contribution in [0.15, 0.2) is 10.7 Å². The second-order valence-corrected chi connectivity index (χ2v) is 3.09. The minimum absolute atomic E-state index is 0.345. The third-order valence-electron chi connectivity index (χ3n) is 1.29. The molecule has 0 aromatic carbocycles. The summed E-state index contributed by atoms with van der Waals surface area (Å²) >= 11 is 2.67. The fraction of sp³-hybridized carbons (Fsp3) is 0.143. The van der Waals surface area contributed by atoms with E-state index in [0.29, 0.717) is 6.20 Å². The van der Waals surface area contributed by atoms with E-state index >= 15 is 0 Å². The van der Waals surface area contributed by atoms with E-state index in [4.69, 9.17) is 10.4 Å². The molecule has 1 aromatic heterocycles. The zero-order valence-corrected chi connectivity index (χ0v) is 8.43. The molecule has 0 aliphatic heterocycles. The predicted molar refractivity (Wildman–Crippen MR) is 45.0 cm³/mol. The molecule has 0 unspecified atom stereocenters. The number of nitrogens with zero attached hydrogens (tertiary/aromatic N) is 2. The van der Waals surface area contributed by atoms with Gasteiger partial charge in [0.15, 0.2) is 5.75 Å². The van der Waals surface area contributed by atoms with Gasteiger partial charge >= 0.3 is 6.36 Å². The fourth-order valence-electron chi connectivity index (χ4n) is 0.747. The van der Waals surface area contributed by atoms with Crippen LogP contribution in [0.5, 0.6) is 11.6 Å². The van der Waals surface area contributed by atoms with Crippen molar-refractivity contribution in [2.24, 2.45) is 0 Å². The minimum Gasteiger partial charge on any atom is -0.505 e. The SMILES string of the molecule is N#Cc1c(O)cnc(OC(F)(F)F)c1Br. The molecule has 0 saturated heterocycles. The molecular weight excluding hydrogens is 281 g/mol. The quantitative estimate of drug-likeness (QED) is 0.858. The van der Waals surface area contributed by atoms with Gasteiger partial charge in [0.2, 0.25) is 5.88 Å². The Labute approximate surface area is 90.0 Å². The number of alkyl halides is 3. The number of aromatic nitrogens is 1. The Balaban J connectivity index is 3.18. The molecule has 0 radical (unpaired) electrons. The number of ether oxygens (including phenoxy) is 1. The van der Waals surface area contributed by atoms with Crippen molar-refractivity contribution in [1.29, 1.82) is 5.26 Å². The van der Waals surface area contributed by atoms with Crippen molar-refractivity contribution in [1.82, 2.24) is 4.98 Å². The number of pyridine rings is 1. The lowest BCUT2D eigenvalue weighted by Crippen LogP contribution is -2.18. The van der Waals surface area contributed by atoms with E-state index in [1.807, 2.05) is 0 Å². The van der Waals surface area contributed by atoms with Crippen LogP contribution in [0.3, 0.4) is 0 Å². The summed E-state index contributed by atoms with van der Waals surface area (Å²) in [4.78, 5) is 3.18. The minimum atomic E-state index is -4.90. The Morgan fingerprint density at radius 2 is 2.13 bits per heavy atom. The Bertz CT molecular complexity index is 427. The first-order chi connectivity index (χ1) is 6.85. The van der Waals surface area contributed by atoms with E-state index in [1.165, 1.54) is 6.07 Å². The lowest BCUT2D eigenvalue weighted by Gasteiger charge is -2.10. The van der Waals surface area contributed by atoms with Gasteiger partial charge in [0.25, 0.3) is 0 Å². The smallest absolute Gasteiger partial charge is 0.505 e. The van der Waals surface area contributed by atoms with E-state index in [-0.39, 0.29) is 10.0 Å². The molecule has 15 heavy (non-hydrogen) atoms. The maximum atomic E-state index is 11.8. The molecule has 1 N–H and O–H groups in total. The molecule has 0 spiro atoms. The highest BCUT2D eigenvalue weighted by Crippen LogP contribution is 2.34. The maximum Gasteiger partial charge on any atom is 0.574 e. The van der Waals surface area contributed by atoms with E-state index in [9.17, 15) is 13.2 Å². The molecule has 1 rings (SSSR count). The first kappa shape index (κ1) is 11.6. The average molecular weight is 283 g/mol.